The maximum Gasteiger partial charge on any atom is 0.337 e. The number of carboxylic acids is 1. The van der Waals surface area contributed by atoms with Crippen LogP contribution in [0, 0.1) is 6.92 Å². The number of para-hydroxylation sites is 1. The molecule has 0 saturated carbocycles. The maximum atomic E-state index is 12.1. The molecular weight excluding hydrogens is 324 g/mol. The number of pyridine rings is 1. The van der Waals surface area contributed by atoms with Gasteiger partial charge in [0.1, 0.15) is 5.69 Å². The van der Waals surface area contributed by atoms with Crippen molar-refractivity contribution >= 4 is 33.5 Å². The molecule has 2 rings (SSSR count). The summed E-state index contributed by atoms with van der Waals surface area (Å²) in [4.78, 5) is 27.0. The Kier molecular flexibility index (Phi) is 4.14. The summed E-state index contributed by atoms with van der Waals surface area (Å²) >= 11 is 3.33. The monoisotopic (exact) mass is 334 g/mol. The van der Waals surface area contributed by atoms with Crippen LogP contribution in [-0.4, -0.2) is 22.0 Å². The second-order valence-corrected chi connectivity index (χ2v) is 4.92. The number of hydrogen-bond donors (Lipinski definition) is 2. The first-order valence-corrected chi connectivity index (χ1v) is 6.55. The van der Waals surface area contributed by atoms with E-state index in [1.165, 1.54) is 12.1 Å². The lowest BCUT2D eigenvalue weighted by Gasteiger charge is -2.08. The number of carbonyl (C=O) groups is 2. The molecule has 0 fully saturated rings. The summed E-state index contributed by atoms with van der Waals surface area (Å²) in [5.74, 6) is -1.45. The number of nitrogens with one attached hydrogen (secondary N) is 1. The number of anilines is 1. The number of carboxylic acid groups (broad SMARTS) is 1. The average Bonchev–Trinajstić information content (AvgIpc) is 2.40. The van der Waals surface area contributed by atoms with E-state index in [9.17, 15) is 9.59 Å². The van der Waals surface area contributed by atoms with Crippen molar-refractivity contribution in [1.29, 1.82) is 0 Å². The summed E-state index contributed by atoms with van der Waals surface area (Å²) in [7, 11) is 0. The van der Waals surface area contributed by atoms with Crippen LogP contribution >= 0.6 is 15.9 Å². The van der Waals surface area contributed by atoms with Crippen molar-refractivity contribution in [3.63, 3.8) is 0 Å². The molecule has 1 amide bonds. The third kappa shape index (κ3) is 3.03. The first-order chi connectivity index (χ1) is 9.49. The van der Waals surface area contributed by atoms with Gasteiger partial charge in [0.15, 0.2) is 0 Å². The fourth-order valence-corrected chi connectivity index (χ4v) is 2.05. The Morgan fingerprint density at radius 1 is 1.20 bits per heavy atom. The standard InChI is InChI=1S/C14H11BrN2O3/c1-8-9(14(19)20)6-7-12(16-8)13(18)17-11-5-3-2-4-10(11)15/h2-7H,1H3,(H,17,18)(H,19,20). The number of aromatic nitrogens is 1. The third-order valence-corrected chi connectivity index (χ3v) is 3.36. The molecule has 1 heterocycles. The Balaban J connectivity index is 2.24. The van der Waals surface area contributed by atoms with E-state index in [0.717, 1.165) is 4.47 Å². The number of benzene rings is 1. The lowest BCUT2D eigenvalue weighted by molar-refractivity contribution is 0.0695. The van der Waals surface area contributed by atoms with Gasteiger partial charge in [-0.3, -0.25) is 4.79 Å². The molecule has 0 unspecified atom stereocenters. The van der Waals surface area contributed by atoms with E-state index in [1.807, 2.05) is 12.1 Å². The highest BCUT2D eigenvalue weighted by molar-refractivity contribution is 9.10. The van der Waals surface area contributed by atoms with Gasteiger partial charge in [-0.15, -0.1) is 0 Å². The second kappa shape index (κ2) is 5.83. The summed E-state index contributed by atoms with van der Waals surface area (Å²) in [5.41, 5.74) is 1.18. The van der Waals surface area contributed by atoms with Crippen LogP contribution in [-0.2, 0) is 0 Å². The molecule has 102 valence electrons. The average molecular weight is 335 g/mol. The zero-order valence-corrected chi connectivity index (χ0v) is 12.1. The molecule has 0 spiro atoms. The number of nitrogens with zero attached hydrogens (tertiary/aromatic N) is 1. The smallest absolute Gasteiger partial charge is 0.337 e. The summed E-state index contributed by atoms with van der Waals surface area (Å²) in [5, 5.41) is 11.6. The molecular formula is C14H11BrN2O3. The molecule has 0 radical (unpaired) electrons. The molecule has 5 nitrogen and oxygen atoms in total. The zero-order chi connectivity index (χ0) is 14.7. The number of halogens is 1. The van der Waals surface area contributed by atoms with Gasteiger partial charge in [-0.25, -0.2) is 9.78 Å². The Labute approximate surface area is 123 Å². The van der Waals surface area contributed by atoms with Crippen molar-refractivity contribution in [2.24, 2.45) is 0 Å². The molecule has 0 aliphatic rings. The summed E-state index contributed by atoms with van der Waals surface area (Å²) in [6, 6.07) is 9.96. The Bertz CT molecular complexity index is 686. The van der Waals surface area contributed by atoms with E-state index in [-0.39, 0.29) is 11.3 Å². The SMILES string of the molecule is Cc1nc(C(=O)Nc2ccccc2Br)ccc1C(=O)O. The van der Waals surface area contributed by atoms with E-state index >= 15 is 0 Å². The van der Waals surface area contributed by atoms with Gasteiger partial charge in [0.2, 0.25) is 0 Å². The van der Waals surface area contributed by atoms with Crippen LogP contribution < -0.4 is 5.32 Å². The molecule has 1 aromatic carbocycles. The predicted octanol–water partition coefficient (Wildman–Crippen LogP) is 3.10. The molecule has 6 heteroatoms. The van der Waals surface area contributed by atoms with Crippen molar-refractivity contribution in [3.05, 3.63) is 57.8 Å². The number of aryl methyl sites for hydroxylation is 1. The van der Waals surface area contributed by atoms with E-state index in [4.69, 9.17) is 5.11 Å². The largest absolute Gasteiger partial charge is 0.478 e. The fourth-order valence-electron chi connectivity index (χ4n) is 1.66. The molecule has 2 N–H and O–H groups in total. The van der Waals surface area contributed by atoms with Crippen LogP contribution in [0.1, 0.15) is 26.5 Å². The van der Waals surface area contributed by atoms with Gasteiger partial charge in [-0.2, -0.15) is 0 Å². The van der Waals surface area contributed by atoms with E-state index in [1.54, 1.807) is 19.1 Å². The number of carbonyl (C=O) groups excluding carboxylic acids is 1. The number of aromatic carboxylic acids is 1. The van der Waals surface area contributed by atoms with Crippen LogP contribution in [0.4, 0.5) is 5.69 Å². The van der Waals surface area contributed by atoms with Crippen molar-refractivity contribution in [2.45, 2.75) is 6.92 Å². The highest BCUT2D eigenvalue weighted by atomic mass is 79.9. The van der Waals surface area contributed by atoms with Gasteiger partial charge in [0.05, 0.1) is 16.9 Å². The summed E-state index contributed by atoms with van der Waals surface area (Å²) in [6.45, 7) is 1.55. The second-order valence-electron chi connectivity index (χ2n) is 4.07. The van der Waals surface area contributed by atoms with Gasteiger partial charge in [-0.05, 0) is 47.1 Å². The van der Waals surface area contributed by atoms with Crippen molar-refractivity contribution in [3.8, 4) is 0 Å². The van der Waals surface area contributed by atoms with E-state index in [2.05, 4.69) is 26.2 Å². The molecule has 20 heavy (non-hydrogen) atoms. The predicted molar refractivity (Wildman–Crippen MR) is 78.0 cm³/mol. The van der Waals surface area contributed by atoms with Crippen molar-refractivity contribution in [2.75, 3.05) is 5.32 Å². The summed E-state index contributed by atoms with van der Waals surface area (Å²) < 4.78 is 0.757. The van der Waals surface area contributed by atoms with Crippen LogP contribution in [0.5, 0.6) is 0 Å². The topological polar surface area (TPSA) is 79.3 Å². The quantitative estimate of drug-likeness (QED) is 0.903. The normalized spacial score (nSPS) is 10.1. The minimum Gasteiger partial charge on any atom is -0.478 e. The number of rotatable bonds is 3. The number of hydrogen-bond acceptors (Lipinski definition) is 3. The van der Waals surface area contributed by atoms with Gasteiger partial charge >= 0.3 is 5.97 Å². The molecule has 0 aliphatic carbocycles. The van der Waals surface area contributed by atoms with Crippen molar-refractivity contribution < 1.29 is 14.7 Å². The Morgan fingerprint density at radius 2 is 1.90 bits per heavy atom. The van der Waals surface area contributed by atoms with Gasteiger partial charge in [-0.1, -0.05) is 12.1 Å². The molecule has 0 saturated heterocycles. The van der Waals surface area contributed by atoms with Crippen LogP contribution in [0.2, 0.25) is 0 Å². The molecule has 0 atom stereocenters. The minimum atomic E-state index is -1.06. The van der Waals surface area contributed by atoms with Crippen LogP contribution in [0.25, 0.3) is 0 Å². The summed E-state index contributed by atoms with van der Waals surface area (Å²) in [6.07, 6.45) is 0. The zero-order valence-electron chi connectivity index (χ0n) is 10.6. The molecule has 2 aromatic rings. The third-order valence-electron chi connectivity index (χ3n) is 2.67. The molecule has 1 aromatic heterocycles. The van der Waals surface area contributed by atoms with Gasteiger partial charge < -0.3 is 10.4 Å². The van der Waals surface area contributed by atoms with E-state index < -0.39 is 11.9 Å². The first-order valence-electron chi connectivity index (χ1n) is 5.76. The van der Waals surface area contributed by atoms with Crippen LogP contribution in [0.15, 0.2) is 40.9 Å². The van der Waals surface area contributed by atoms with Gasteiger partial charge in [0.25, 0.3) is 5.91 Å². The van der Waals surface area contributed by atoms with Crippen LogP contribution in [0.3, 0.4) is 0 Å². The van der Waals surface area contributed by atoms with Crippen molar-refractivity contribution in [1.82, 2.24) is 4.98 Å². The highest BCUT2D eigenvalue weighted by Gasteiger charge is 2.13. The number of amides is 1. The fraction of sp³-hybridized carbons (Fsp3) is 0.0714. The lowest BCUT2D eigenvalue weighted by atomic mass is 10.2. The van der Waals surface area contributed by atoms with E-state index in [0.29, 0.717) is 11.4 Å². The Morgan fingerprint density at radius 3 is 2.50 bits per heavy atom. The first kappa shape index (κ1) is 14.2. The minimum absolute atomic E-state index is 0.0856. The maximum absolute atomic E-state index is 12.1. The molecule has 0 bridgehead atoms. The molecule has 0 aliphatic heterocycles. The Hall–Kier alpha value is -2.21. The highest BCUT2D eigenvalue weighted by Crippen LogP contribution is 2.21. The lowest BCUT2D eigenvalue weighted by Crippen LogP contribution is -2.15. The van der Waals surface area contributed by atoms with Gasteiger partial charge in [0, 0.05) is 4.47 Å².